The second-order valence-electron chi connectivity index (χ2n) is 0.611. The highest BCUT2D eigenvalue weighted by Gasteiger charge is 1.62. The Balaban J connectivity index is 2.80. The van der Waals surface area contributed by atoms with Gasteiger partial charge in [0.1, 0.15) is 0 Å². The average molecular weight is 70.0 g/mol. The van der Waals surface area contributed by atoms with Gasteiger partial charge in [0.05, 0.1) is 0 Å². The third-order valence-corrected chi connectivity index (χ3v) is 0. The first-order valence-corrected chi connectivity index (χ1v) is 1.57. The molecule has 0 aromatic carbocycles. The molecule has 0 aromatic heterocycles. The van der Waals surface area contributed by atoms with Crippen molar-refractivity contribution in [3.63, 3.8) is 0 Å². The maximum absolute atomic E-state index is 9.41. The molecule has 0 unspecified atom stereocenters. The highest BCUT2D eigenvalue weighted by molar-refractivity contribution is 6.56. The molecule has 0 aliphatic rings. The standard InChI is InChI=1S/C2H3O.Al/c1-2-3;/h1H3;. The number of hydrogen-bond acceptors (Lipinski definition) is 1. The molecule has 0 amide bonds. The van der Waals surface area contributed by atoms with Gasteiger partial charge in [-0.05, 0) is 6.92 Å². The third-order valence-electron chi connectivity index (χ3n) is 0. The van der Waals surface area contributed by atoms with Gasteiger partial charge in [0.15, 0.2) is 0 Å². The van der Waals surface area contributed by atoms with Crippen molar-refractivity contribution in [3.8, 4) is 0 Å². The molecule has 0 aromatic rings. The topological polar surface area (TPSA) is 17.1 Å². The van der Waals surface area contributed by atoms with Crippen LogP contribution in [0.5, 0.6) is 0 Å². The van der Waals surface area contributed by atoms with Gasteiger partial charge in [-0.25, -0.2) is 0 Å². The molecule has 0 atom stereocenters. The highest BCUT2D eigenvalue weighted by Crippen LogP contribution is 1.40. The third kappa shape index (κ3) is 77.7. The van der Waals surface area contributed by atoms with Crippen LogP contribution in [-0.2, 0) is 4.79 Å². The van der Waals surface area contributed by atoms with Crippen molar-refractivity contribution in [1.29, 1.82) is 0 Å². The molecular formula is C2H3AlO. The lowest BCUT2D eigenvalue weighted by Crippen LogP contribution is -1.80. The minimum Gasteiger partial charge on any atom is -0.324 e. The molecule has 2 radical (unpaired) electrons. The minimum atomic E-state index is 0.0833. The fourth-order valence-corrected chi connectivity index (χ4v) is 0. The molecular weight excluding hydrogens is 67.0 g/mol. The zero-order valence-electron chi connectivity index (χ0n) is 2.49. The highest BCUT2D eigenvalue weighted by atomic mass is 27.0. The van der Waals surface area contributed by atoms with Gasteiger partial charge in [0.2, 0.25) is 16.3 Å². The lowest BCUT2D eigenvalue weighted by Gasteiger charge is -1.57. The largest absolute Gasteiger partial charge is 0.324 e. The van der Waals surface area contributed by atoms with Crippen LogP contribution in [0.25, 0.3) is 0 Å². The predicted molar refractivity (Wildman–Crippen MR) is 16.4 cm³/mol. The van der Waals surface area contributed by atoms with E-state index in [0.717, 1.165) is 0 Å². The zero-order chi connectivity index (χ0) is 3.58. The first kappa shape index (κ1) is 4.20. The first-order valence-electron chi connectivity index (χ1n) is 0.993. The van der Waals surface area contributed by atoms with Crippen LogP contribution < -0.4 is 0 Å². The van der Waals surface area contributed by atoms with Crippen molar-refractivity contribution < 1.29 is 4.79 Å². The van der Waals surface area contributed by atoms with Crippen molar-refractivity contribution in [1.82, 2.24) is 0 Å². The average Bonchev–Trinajstić information content (AvgIpc) is 0.811. The predicted octanol–water partition coefficient (Wildman–Crippen LogP) is -0.299. The fraction of sp³-hybridized carbons (Fsp3) is 0.500. The van der Waals surface area contributed by atoms with Crippen LogP contribution in [0.4, 0.5) is 0 Å². The van der Waals surface area contributed by atoms with E-state index in [2.05, 4.69) is 0 Å². The van der Waals surface area contributed by atoms with E-state index in [1.165, 1.54) is 6.92 Å². The summed E-state index contributed by atoms with van der Waals surface area (Å²) >= 11 is 2.02. The summed E-state index contributed by atoms with van der Waals surface area (Å²) in [5, 5.41) is 0. The summed E-state index contributed by atoms with van der Waals surface area (Å²) in [4.78, 5) is 9.41. The molecule has 20 valence electrons. The Labute approximate surface area is 33.4 Å². The summed E-state index contributed by atoms with van der Waals surface area (Å²) in [6, 6.07) is 0. The Morgan fingerprint density at radius 3 is 2.00 bits per heavy atom. The van der Waals surface area contributed by atoms with Crippen molar-refractivity contribution in [2.24, 2.45) is 0 Å². The molecule has 0 bridgehead atoms. The molecule has 2 heteroatoms. The van der Waals surface area contributed by atoms with Gasteiger partial charge in [0.25, 0.3) is 0 Å². The van der Waals surface area contributed by atoms with Crippen molar-refractivity contribution in [2.75, 3.05) is 0 Å². The quantitative estimate of drug-likeness (QED) is 0.358. The summed E-state index contributed by atoms with van der Waals surface area (Å²) < 4.78 is 0.0833. The van der Waals surface area contributed by atoms with Gasteiger partial charge in [-0.1, -0.05) is 0 Å². The van der Waals surface area contributed by atoms with Crippen LogP contribution in [0.3, 0.4) is 0 Å². The van der Waals surface area contributed by atoms with Gasteiger partial charge >= 0.3 is 0 Å². The maximum atomic E-state index is 9.41. The number of carbonyl (C=O) groups excluding carboxylic acids is 1. The van der Waals surface area contributed by atoms with E-state index < -0.39 is 0 Å². The minimum absolute atomic E-state index is 0.0833. The number of hydrogen-bond donors (Lipinski definition) is 0. The van der Waals surface area contributed by atoms with Crippen LogP contribution in [-0.4, -0.2) is 20.9 Å². The second-order valence-corrected chi connectivity index (χ2v) is 1.42. The summed E-state index contributed by atoms with van der Waals surface area (Å²) in [5.74, 6) is 0. The van der Waals surface area contributed by atoms with E-state index in [4.69, 9.17) is 0 Å². The van der Waals surface area contributed by atoms with E-state index in [1.54, 1.807) is 0 Å². The molecule has 4 heavy (non-hydrogen) atoms. The summed E-state index contributed by atoms with van der Waals surface area (Å²) in [5.41, 5.74) is 0. The summed E-state index contributed by atoms with van der Waals surface area (Å²) in [7, 11) is 0. The molecule has 0 fully saturated rings. The number of carbonyl (C=O) groups is 1. The Hall–Kier alpha value is 0.202. The monoisotopic (exact) mass is 70.0 g/mol. The van der Waals surface area contributed by atoms with Crippen LogP contribution >= 0.6 is 0 Å². The summed E-state index contributed by atoms with van der Waals surface area (Å²) in [6.07, 6.45) is 0. The SMILES string of the molecule is C[C](=O)[Al]. The molecule has 0 heterocycles. The second kappa shape index (κ2) is 1.51. The van der Waals surface area contributed by atoms with E-state index in [0.29, 0.717) is 0 Å². The Kier molecular flexibility index (Phi) is 1.59. The van der Waals surface area contributed by atoms with Crippen LogP contribution in [0.2, 0.25) is 0 Å². The van der Waals surface area contributed by atoms with Gasteiger partial charge in [-0.3, -0.25) is 0 Å². The Morgan fingerprint density at radius 2 is 2.00 bits per heavy atom. The molecule has 0 spiro atoms. The van der Waals surface area contributed by atoms with Crippen LogP contribution in [0.1, 0.15) is 6.92 Å². The van der Waals surface area contributed by atoms with E-state index >= 15 is 0 Å². The van der Waals surface area contributed by atoms with Gasteiger partial charge < -0.3 is 4.79 Å². The van der Waals surface area contributed by atoms with Crippen molar-refractivity contribution in [3.05, 3.63) is 0 Å². The molecule has 0 saturated heterocycles. The maximum Gasteiger partial charge on any atom is 0.241 e. The number of rotatable bonds is 0. The molecule has 0 rings (SSSR count). The van der Waals surface area contributed by atoms with Crippen molar-refractivity contribution in [2.45, 2.75) is 6.92 Å². The molecule has 0 saturated carbocycles. The lowest BCUT2D eigenvalue weighted by atomic mass is 10.9. The first-order chi connectivity index (χ1) is 1.73. The van der Waals surface area contributed by atoms with Crippen molar-refractivity contribution >= 4 is 20.9 Å². The molecule has 0 aliphatic heterocycles. The Morgan fingerprint density at radius 1 is 2.00 bits per heavy atom. The molecule has 0 N–H and O–H groups in total. The van der Waals surface area contributed by atoms with Gasteiger partial charge in [-0.15, -0.1) is 0 Å². The van der Waals surface area contributed by atoms with E-state index in [9.17, 15) is 4.79 Å². The summed E-state index contributed by atoms with van der Waals surface area (Å²) in [6.45, 7) is 1.49. The smallest absolute Gasteiger partial charge is 0.241 e. The van der Waals surface area contributed by atoms with Crippen LogP contribution in [0.15, 0.2) is 0 Å². The normalized spacial score (nSPS) is 6.25. The molecule has 1 nitrogen and oxygen atoms in total. The van der Waals surface area contributed by atoms with E-state index in [-0.39, 0.29) is 4.65 Å². The molecule has 0 aliphatic carbocycles. The van der Waals surface area contributed by atoms with Gasteiger partial charge in [0, 0.05) is 4.65 Å². The van der Waals surface area contributed by atoms with Crippen LogP contribution in [0, 0.1) is 0 Å². The Bertz CT molecular complexity index is 29.0. The zero-order valence-corrected chi connectivity index (χ0v) is 3.64. The van der Waals surface area contributed by atoms with E-state index in [1.807, 2.05) is 16.3 Å². The fourth-order valence-electron chi connectivity index (χ4n) is 0. The van der Waals surface area contributed by atoms with Gasteiger partial charge in [-0.2, -0.15) is 0 Å². The lowest BCUT2D eigenvalue weighted by molar-refractivity contribution is -0.109.